The third-order valence-electron chi connectivity index (χ3n) is 4.55. The molecule has 3 rings (SSSR count). The number of carbonyl (C=O) groups excluding carboxylic acids is 1. The van der Waals surface area contributed by atoms with Crippen molar-refractivity contribution in [2.75, 3.05) is 38.7 Å². The molecule has 168 valence electrons. The lowest BCUT2D eigenvalue weighted by molar-refractivity contribution is -0.138. The van der Waals surface area contributed by atoms with Crippen LogP contribution in [0.5, 0.6) is 5.75 Å². The number of benzene rings is 2. The van der Waals surface area contributed by atoms with Gasteiger partial charge in [-0.1, -0.05) is 15.9 Å². The number of rotatable bonds is 5. The van der Waals surface area contributed by atoms with Crippen molar-refractivity contribution in [3.8, 4) is 5.75 Å². The van der Waals surface area contributed by atoms with E-state index in [1.54, 1.807) is 0 Å². The second-order valence-corrected chi connectivity index (χ2v) is 9.32. The van der Waals surface area contributed by atoms with Crippen molar-refractivity contribution >= 4 is 37.5 Å². The predicted octanol–water partition coefficient (Wildman–Crippen LogP) is 3.75. The average Bonchev–Trinajstić information content (AvgIpc) is 2.74. The van der Waals surface area contributed by atoms with Crippen molar-refractivity contribution in [3.05, 3.63) is 52.0 Å². The van der Waals surface area contributed by atoms with Crippen LogP contribution in [0.1, 0.15) is 15.9 Å². The van der Waals surface area contributed by atoms with Crippen molar-refractivity contribution in [2.45, 2.75) is 11.1 Å². The van der Waals surface area contributed by atoms with E-state index < -0.39 is 27.7 Å². The van der Waals surface area contributed by atoms with Gasteiger partial charge in [0, 0.05) is 23.2 Å². The lowest BCUT2D eigenvalue weighted by Crippen LogP contribution is -2.40. The SMILES string of the molecule is COc1ccc(S(=O)(=O)N2CCOCC2)cc1C(=O)Nc1ccc(Br)c(C(F)(F)F)c1. The molecule has 1 aliphatic rings. The number of amides is 1. The van der Waals surface area contributed by atoms with Crippen LogP contribution in [0.15, 0.2) is 45.8 Å². The predicted molar refractivity (Wildman–Crippen MR) is 110 cm³/mol. The van der Waals surface area contributed by atoms with Crippen molar-refractivity contribution in [2.24, 2.45) is 0 Å². The van der Waals surface area contributed by atoms with E-state index in [1.807, 2.05) is 0 Å². The highest BCUT2D eigenvalue weighted by Gasteiger charge is 2.33. The van der Waals surface area contributed by atoms with E-state index in [0.29, 0.717) is 0 Å². The average molecular weight is 523 g/mol. The number of ether oxygens (including phenoxy) is 2. The molecule has 1 fully saturated rings. The third kappa shape index (κ3) is 5.20. The molecule has 2 aromatic rings. The Labute approximate surface area is 185 Å². The van der Waals surface area contributed by atoms with E-state index in [2.05, 4.69) is 21.2 Å². The van der Waals surface area contributed by atoms with Crippen molar-refractivity contribution in [1.82, 2.24) is 4.31 Å². The summed E-state index contributed by atoms with van der Waals surface area (Å²) >= 11 is 2.84. The zero-order valence-corrected chi connectivity index (χ0v) is 18.6. The highest BCUT2D eigenvalue weighted by molar-refractivity contribution is 9.10. The summed E-state index contributed by atoms with van der Waals surface area (Å²) in [5.41, 5.74) is -1.20. The Kier molecular flexibility index (Phi) is 6.94. The van der Waals surface area contributed by atoms with Gasteiger partial charge >= 0.3 is 6.18 Å². The van der Waals surface area contributed by atoms with Gasteiger partial charge < -0.3 is 14.8 Å². The van der Waals surface area contributed by atoms with Gasteiger partial charge in [0.1, 0.15) is 5.75 Å². The summed E-state index contributed by atoms with van der Waals surface area (Å²) in [4.78, 5) is 12.7. The Morgan fingerprint density at radius 1 is 1.16 bits per heavy atom. The number of carbonyl (C=O) groups is 1. The first-order chi connectivity index (χ1) is 14.5. The zero-order chi connectivity index (χ0) is 22.8. The number of sulfonamides is 1. The van der Waals surface area contributed by atoms with Crippen molar-refractivity contribution in [3.63, 3.8) is 0 Å². The molecule has 0 unspecified atom stereocenters. The number of nitrogens with zero attached hydrogens (tertiary/aromatic N) is 1. The van der Waals surface area contributed by atoms with Gasteiger partial charge in [0.05, 0.1) is 36.3 Å². The summed E-state index contributed by atoms with van der Waals surface area (Å²) in [7, 11) is -2.59. The molecule has 31 heavy (non-hydrogen) atoms. The molecule has 1 aliphatic heterocycles. The van der Waals surface area contributed by atoms with E-state index in [9.17, 15) is 26.4 Å². The van der Waals surface area contributed by atoms with Gasteiger partial charge in [-0.2, -0.15) is 17.5 Å². The van der Waals surface area contributed by atoms with E-state index in [-0.39, 0.29) is 52.7 Å². The minimum absolute atomic E-state index is 0.0755. The number of hydrogen-bond acceptors (Lipinski definition) is 5. The largest absolute Gasteiger partial charge is 0.496 e. The van der Waals surface area contributed by atoms with Crippen molar-refractivity contribution in [1.29, 1.82) is 0 Å². The molecule has 12 heteroatoms. The lowest BCUT2D eigenvalue weighted by Gasteiger charge is -2.26. The number of hydrogen-bond donors (Lipinski definition) is 1. The second kappa shape index (κ2) is 9.15. The Balaban J connectivity index is 1.93. The van der Waals surface area contributed by atoms with Crippen LogP contribution in [0, 0.1) is 0 Å². The fourth-order valence-corrected chi connectivity index (χ4v) is 4.89. The van der Waals surface area contributed by atoms with E-state index in [4.69, 9.17) is 9.47 Å². The molecule has 0 aromatic heterocycles. The van der Waals surface area contributed by atoms with Crippen LogP contribution in [0.4, 0.5) is 18.9 Å². The quantitative estimate of drug-likeness (QED) is 0.646. The van der Waals surface area contributed by atoms with Crippen molar-refractivity contribution < 1.29 is 35.9 Å². The van der Waals surface area contributed by atoms with E-state index in [1.165, 1.54) is 29.6 Å². The minimum atomic E-state index is -4.62. The first kappa shape index (κ1) is 23.5. The molecule has 0 bridgehead atoms. The van der Waals surface area contributed by atoms with Crippen LogP contribution in [0.2, 0.25) is 0 Å². The summed E-state index contributed by atoms with van der Waals surface area (Å²) in [6.07, 6.45) is -4.62. The minimum Gasteiger partial charge on any atom is -0.496 e. The molecule has 1 amide bonds. The van der Waals surface area contributed by atoms with Gasteiger partial charge in [0.2, 0.25) is 10.0 Å². The Bertz CT molecular complexity index is 1090. The van der Waals surface area contributed by atoms with Crippen LogP contribution in [-0.2, 0) is 20.9 Å². The molecule has 2 aromatic carbocycles. The number of halogens is 4. The van der Waals surface area contributed by atoms with Crippen LogP contribution in [-0.4, -0.2) is 52.0 Å². The molecule has 1 N–H and O–H groups in total. The molecule has 0 saturated carbocycles. The van der Waals surface area contributed by atoms with E-state index in [0.717, 1.165) is 18.2 Å². The van der Waals surface area contributed by atoms with Gasteiger partial charge in [0.25, 0.3) is 5.91 Å². The summed E-state index contributed by atoms with van der Waals surface area (Å²) < 4.78 is 76.5. The number of morpholine rings is 1. The normalized spacial score (nSPS) is 15.5. The van der Waals surface area contributed by atoms with Crippen LogP contribution in [0.3, 0.4) is 0 Å². The number of anilines is 1. The first-order valence-corrected chi connectivity index (χ1v) is 11.2. The van der Waals surface area contributed by atoms with Gasteiger partial charge in [-0.05, 0) is 36.4 Å². The second-order valence-electron chi connectivity index (χ2n) is 6.53. The monoisotopic (exact) mass is 522 g/mol. The van der Waals surface area contributed by atoms with Gasteiger partial charge in [0.15, 0.2) is 0 Å². The molecular weight excluding hydrogens is 505 g/mol. The van der Waals surface area contributed by atoms with E-state index >= 15 is 0 Å². The summed E-state index contributed by atoms with van der Waals surface area (Å²) in [6, 6.07) is 7.01. The standard InChI is InChI=1S/C19H18BrF3N2O5S/c1-29-17-5-3-13(31(27,28)25-6-8-30-9-7-25)11-14(17)18(26)24-12-2-4-16(20)15(10-12)19(21,22)23/h2-5,10-11H,6-9H2,1H3,(H,24,26). The summed E-state index contributed by atoms with van der Waals surface area (Å²) in [6.45, 7) is 0.867. The van der Waals surface area contributed by atoms with Crippen LogP contribution >= 0.6 is 15.9 Å². The molecule has 1 saturated heterocycles. The highest BCUT2D eigenvalue weighted by atomic mass is 79.9. The fraction of sp³-hybridized carbons (Fsp3) is 0.316. The Morgan fingerprint density at radius 2 is 1.84 bits per heavy atom. The lowest BCUT2D eigenvalue weighted by atomic mass is 10.1. The zero-order valence-electron chi connectivity index (χ0n) is 16.2. The number of methoxy groups -OCH3 is 1. The Hall–Kier alpha value is -2.15. The highest BCUT2D eigenvalue weighted by Crippen LogP contribution is 2.36. The summed E-state index contributed by atoms with van der Waals surface area (Å²) in [5, 5.41) is 2.36. The maximum Gasteiger partial charge on any atom is 0.417 e. The third-order valence-corrected chi connectivity index (χ3v) is 7.14. The van der Waals surface area contributed by atoms with Gasteiger partial charge in [-0.3, -0.25) is 4.79 Å². The molecule has 0 spiro atoms. The summed E-state index contributed by atoms with van der Waals surface area (Å²) in [5.74, 6) is -0.738. The van der Waals surface area contributed by atoms with Crippen LogP contribution in [0.25, 0.3) is 0 Å². The Morgan fingerprint density at radius 3 is 2.45 bits per heavy atom. The van der Waals surface area contributed by atoms with Gasteiger partial charge in [-0.15, -0.1) is 0 Å². The maximum atomic E-state index is 13.1. The molecule has 0 atom stereocenters. The molecular formula is C19H18BrF3N2O5S. The molecule has 0 radical (unpaired) electrons. The topological polar surface area (TPSA) is 84.9 Å². The molecule has 0 aliphatic carbocycles. The molecule has 7 nitrogen and oxygen atoms in total. The number of nitrogens with one attached hydrogen (secondary N) is 1. The fourth-order valence-electron chi connectivity index (χ4n) is 2.98. The van der Waals surface area contributed by atoms with Crippen LogP contribution < -0.4 is 10.1 Å². The smallest absolute Gasteiger partial charge is 0.417 e. The first-order valence-electron chi connectivity index (χ1n) is 8.98. The molecule has 1 heterocycles. The van der Waals surface area contributed by atoms with Gasteiger partial charge in [-0.25, -0.2) is 8.42 Å². The maximum absolute atomic E-state index is 13.1. The number of alkyl halides is 3.